The normalized spacial score (nSPS) is 11.2. The Morgan fingerprint density at radius 3 is 2.15 bits per heavy atom. The standard InChI is InChI=1S/C14H10F3NOS/c15-14(16,17)9-5-7-10(8-6-9)19-12-4-2-1-3-11(12)13(18)20/h1-8H,(H2,18,20). The molecule has 0 spiro atoms. The molecule has 0 atom stereocenters. The number of para-hydroxylation sites is 1. The lowest BCUT2D eigenvalue weighted by Crippen LogP contribution is -2.10. The molecule has 0 amide bonds. The zero-order valence-electron chi connectivity index (χ0n) is 10.1. The van der Waals surface area contributed by atoms with E-state index in [1.54, 1.807) is 24.3 Å². The summed E-state index contributed by atoms with van der Waals surface area (Å²) in [5.74, 6) is 0.682. The Labute approximate surface area is 119 Å². The van der Waals surface area contributed by atoms with Crippen molar-refractivity contribution in [2.45, 2.75) is 6.18 Å². The van der Waals surface area contributed by atoms with Crippen LogP contribution in [-0.2, 0) is 6.18 Å². The SMILES string of the molecule is NC(=S)c1ccccc1Oc1ccc(C(F)(F)F)cc1. The maximum Gasteiger partial charge on any atom is 0.416 e. The number of hydrogen-bond donors (Lipinski definition) is 1. The lowest BCUT2D eigenvalue weighted by atomic mass is 10.2. The number of ether oxygens (including phenoxy) is 1. The van der Waals surface area contributed by atoms with E-state index in [9.17, 15) is 13.2 Å². The molecule has 0 aliphatic carbocycles. The summed E-state index contributed by atoms with van der Waals surface area (Å²) >= 11 is 4.88. The van der Waals surface area contributed by atoms with Gasteiger partial charge >= 0.3 is 6.18 Å². The van der Waals surface area contributed by atoms with Gasteiger partial charge in [0.05, 0.1) is 11.1 Å². The van der Waals surface area contributed by atoms with Crippen LogP contribution in [0, 0.1) is 0 Å². The van der Waals surface area contributed by atoms with Gasteiger partial charge in [-0.05, 0) is 36.4 Å². The first kappa shape index (κ1) is 14.3. The van der Waals surface area contributed by atoms with E-state index in [-0.39, 0.29) is 10.7 Å². The summed E-state index contributed by atoms with van der Waals surface area (Å²) < 4.78 is 42.8. The van der Waals surface area contributed by atoms with Gasteiger partial charge < -0.3 is 10.5 Å². The van der Waals surface area contributed by atoms with E-state index in [1.807, 2.05) is 0 Å². The lowest BCUT2D eigenvalue weighted by molar-refractivity contribution is -0.137. The van der Waals surface area contributed by atoms with E-state index in [0.29, 0.717) is 11.3 Å². The third-order valence-corrected chi connectivity index (χ3v) is 2.78. The molecule has 2 N–H and O–H groups in total. The van der Waals surface area contributed by atoms with Gasteiger partial charge in [-0.25, -0.2) is 0 Å². The second-order valence-corrected chi connectivity index (χ2v) is 4.42. The summed E-state index contributed by atoms with van der Waals surface area (Å²) in [5.41, 5.74) is 5.35. The molecule has 0 aliphatic heterocycles. The largest absolute Gasteiger partial charge is 0.457 e. The van der Waals surface area contributed by atoms with Crippen LogP contribution in [0.5, 0.6) is 11.5 Å². The number of alkyl halides is 3. The molecule has 2 aromatic rings. The summed E-state index contributed by atoms with van der Waals surface area (Å²) in [6, 6.07) is 11.2. The number of rotatable bonds is 3. The van der Waals surface area contributed by atoms with Gasteiger partial charge in [-0.15, -0.1) is 0 Å². The van der Waals surface area contributed by atoms with Gasteiger partial charge in [-0.2, -0.15) is 13.2 Å². The molecule has 0 saturated carbocycles. The van der Waals surface area contributed by atoms with Crippen LogP contribution in [0.15, 0.2) is 48.5 Å². The minimum absolute atomic E-state index is 0.160. The highest BCUT2D eigenvalue weighted by Gasteiger charge is 2.30. The fourth-order valence-corrected chi connectivity index (χ4v) is 1.77. The number of benzene rings is 2. The smallest absolute Gasteiger partial charge is 0.416 e. The minimum atomic E-state index is -4.37. The van der Waals surface area contributed by atoms with Crippen LogP contribution in [0.2, 0.25) is 0 Å². The molecule has 6 heteroatoms. The average Bonchev–Trinajstić information content (AvgIpc) is 2.38. The van der Waals surface area contributed by atoms with Gasteiger partial charge in [0.1, 0.15) is 16.5 Å². The Kier molecular flexibility index (Phi) is 3.94. The number of thiocarbonyl (C=S) groups is 1. The molecular formula is C14H10F3NOS. The van der Waals surface area contributed by atoms with Crippen LogP contribution in [0.1, 0.15) is 11.1 Å². The van der Waals surface area contributed by atoms with Crippen LogP contribution in [0.25, 0.3) is 0 Å². The zero-order valence-corrected chi connectivity index (χ0v) is 11.0. The molecule has 0 saturated heterocycles. The molecule has 2 rings (SSSR count). The predicted molar refractivity (Wildman–Crippen MR) is 73.8 cm³/mol. The zero-order chi connectivity index (χ0) is 14.8. The fourth-order valence-electron chi connectivity index (χ4n) is 1.60. The van der Waals surface area contributed by atoms with E-state index in [0.717, 1.165) is 12.1 Å². The van der Waals surface area contributed by atoms with E-state index < -0.39 is 11.7 Å². The monoisotopic (exact) mass is 297 g/mol. The Hall–Kier alpha value is -2.08. The van der Waals surface area contributed by atoms with Crippen molar-refractivity contribution in [2.24, 2.45) is 5.73 Å². The highest BCUT2D eigenvalue weighted by atomic mass is 32.1. The molecule has 0 fully saturated rings. The van der Waals surface area contributed by atoms with Gasteiger partial charge in [-0.1, -0.05) is 24.4 Å². The van der Waals surface area contributed by atoms with Gasteiger partial charge in [0.15, 0.2) is 0 Å². The summed E-state index contributed by atoms with van der Waals surface area (Å²) in [4.78, 5) is 0.160. The molecule has 0 radical (unpaired) electrons. The maximum atomic E-state index is 12.4. The molecule has 104 valence electrons. The molecule has 0 aromatic heterocycles. The van der Waals surface area contributed by atoms with Gasteiger partial charge in [0.25, 0.3) is 0 Å². The Morgan fingerprint density at radius 1 is 1.00 bits per heavy atom. The molecule has 0 aliphatic rings. The van der Waals surface area contributed by atoms with Crippen molar-refractivity contribution < 1.29 is 17.9 Å². The van der Waals surface area contributed by atoms with Crippen molar-refractivity contribution in [3.63, 3.8) is 0 Å². The minimum Gasteiger partial charge on any atom is -0.457 e. The van der Waals surface area contributed by atoms with Crippen LogP contribution >= 0.6 is 12.2 Å². The molecule has 0 unspecified atom stereocenters. The first-order valence-corrected chi connectivity index (χ1v) is 6.02. The van der Waals surface area contributed by atoms with Gasteiger partial charge in [0, 0.05) is 0 Å². The molecule has 2 nitrogen and oxygen atoms in total. The van der Waals surface area contributed by atoms with Crippen molar-refractivity contribution in [3.05, 3.63) is 59.7 Å². The van der Waals surface area contributed by atoms with Gasteiger partial charge in [-0.3, -0.25) is 0 Å². The van der Waals surface area contributed by atoms with Crippen LogP contribution < -0.4 is 10.5 Å². The third-order valence-electron chi connectivity index (χ3n) is 2.56. The number of halogens is 3. The topological polar surface area (TPSA) is 35.2 Å². The third kappa shape index (κ3) is 3.27. The summed E-state index contributed by atoms with van der Waals surface area (Å²) in [6.07, 6.45) is -4.37. The molecule has 20 heavy (non-hydrogen) atoms. The molecular weight excluding hydrogens is 287 g/mol. The first-order valence-electron chi connectivity index (χ1n) is 5.62. The van der Waals surface area contributed by atoms with Crippen molar-refractivity contribution in [1.82, 2.24) is 0 Å². The van der Waals surface area contributed by atoms with Crippen LogP contribution in [0.4, 0.5) is 13.2 Å². The molecule has 0 bridgehead atoms. The summed E-state index contributed by atoms with van der Waals surface area (Å²) in [6.45, 7) is 0. The number of nitrogens with two attached hydrogens (primary N) is 1. The van der Waals surface area contributed by atoms with E-state index in [2.05, 4.69) is 0 Å². The Balaban J connectivity index is 2.25. The predicted octanol–water partition coefficient (Wildman–Crippen LogP) is 4.13. The van der Waals surface area contributed by atoms with Crippen LogP contribution in [-0.4, -0.2) is 4.99 Å². The Morgan fingerprint density at radius 2 is 1.60 bits per heavy atom. The second-order valence-electron chi connectivity index (χ2n) is 3.98. The summed E-state index contributed by atoms with van der Waals surface area (Å²) in [7, 11) is 0. The highest BCUT2D eigenvalue weighted by Crippen LogP contribution is 2.32. The van der Waals surface area contributed by atoms with Crippen molar-refractivity contribution in [1.29, 1.82) is 0 Å². The number of hydrogen-bond acceptors (Lipinski definition) is 2. The van der Waals surface area contributed by atoms with Crippen LogP contribution in [0.3, 0.4) is 0 Å². The maximum absolute atomic E-state index is 12.4. The highest BCUT2D eigenvalue weighted by molar-refractivity contribution is 7.80. The first-order chi connectivity index (χ1) is 9.38. The fraction of sp³-hybridized carbons (Fsp3) is 0.0714. The summed E-state index contributed by atoms with van der Waals surface area (Å²) in [5, 5.41) is 0. The van der Waals surface area contributed by atoms with E-state index in [1.165, 1.54) is 12.1 Å². The van der Waals surface area contributed by atoms with Gasteiger partial charge in [0.2, 0.25) is 0 Å². The molecule has 2 aromatic carbocycles. The van der Waals surface area contributed by atoms with Crippen molar-refractivity contribution in [3.8, 4) is 11.5 Å². The second kappa shape index (κ2) is 5.50. The van der Waals surface area contributed by atoms with E-state index in [4.69, 9.17) is 22.7 Å². The average molecular weight is 297 g/mol. The quantitative estimate of drug-likeness (QED) is 0.865. The van der Waals surface area contributed by atoms with Crippen molar-refractivity contribution in [2.75, 3.05) is 0 Å². The van der Waals surface area contributed by atoms with Crippen molar-refractivity contribution >= 4 is 17.2 Å². The Bertz CT molecular complexity index is 623. The van der Waals surface area contributed by atoms with E-state index >= 15 is 0 Å². The molecule has 0 heterocycles. The lowest BCUT2D eigenvalue weighted by Gasteiger charge is -2.11.